The summed E-state index contributed by atoms with van der Waals surface area (Å²) in [6.45, 7) is 2.68. The Morgan fingerprint density at radius 2 is 1.70 bits per heavy atom. The Hall–Kier alpha value is -3.78. The molecule has 3 aromatic rings. The number of pyridine rings is 1. The predicted molar refractivity (Wildman–Crippen MR) is 127 cm³/mol. The highest BCUT2D eigenvalue weighted by Crippen LogP contribution is 2.35. The van der Waals surface area contributed by atoms with Gasteiger partial charge in [0.25, 0.3) is 5.91 Å². The zero-order chi connectivity index (χ0) is 27.3. The van der Waals surface area contributed by atoms with Crippen molar-refractivity contribution < 1.29 is 32.3 Å². The SMILES string of the molecule is CC(=O)NCC(=O)c1cc(C(=O)C[C@H](C)c2ncc(C(=O)Nc3cc(C(F)(F)F)c(Cl)cn3)s2)ncn1. The molecule has 194 valence electrons. The molecule has 2 amide bonds. The third-order valence-corrected chi connectivity index (χ3v) is 6.33. The maximum Gasteiger partial charge on any atom is 0.418 e. The van der Waals surface area contributed by atoms with Crippen LogP contribution in [0, 0.1) is 0 Å². The van der Waals surface area contributed by atoms with Gasteiger partial charge >= 0.3 is 6.18 Å². The Balaban J connectivity index is 1.65. The Morgan fingerprint density at radius 3 is 2.35 bits per heavy atom. The first-order valence-electron chi connectivity index (χ1n) is 10.5. The van der Waals surface area contributed by atoms with Crippen molar-refractivity contribution in [2.45, 2.75) is 32.4 Å². The quantitative estimate of drug-likeness (QED) is 0.378. The number of hydrogen-bond donors (Lipinski definition) is 2. The number of Topliss-reactive ketones (excluding diaryl/α,β-unsaturated/α-hetero) is 2. The number of thiazole rings is 1. The molecule has 0 bridgehead atoms. The van der Waals surface area contributed by atoms with Crippen molar-refractivity contribution in [1.82, 2.24) is 25.3 Å². The third kappa shape index (κ3) is 7.36. The molecule has 1 atom stereocenters. The van der Waals surface area contributed by atoms with Crippen LogP contribution in [0.15, 0.2) is 30.9 Å². The number of aromatic nitrogens is 4. The summed E-state index contributed by atoms with van der Waals surface area (Å²) in [7, 11) is 0. The first-order valence-corrected chi connectivity index (χ1v) is 11.7. The van der Waals surface area contributed by atoms with Crippen molar-refractivity contribution >= 4 is 52.1 Å². The first-order chi connectivity index (χ1) is 17.3. The second-order valence-electron chi connectivity index (χ2n) is 7.71. The standard InChI is InChI=1S/C22H18ClF3N6O4S/c1-10(3-16(34)14-5-15(31-9-30-14)17(35)7-27-11(2)33)21-29-8-18(37-21)20(36)32-19-4-12(22(24,25)26)13(23)6-28-19/h4-6,8-10H,3,7H2,1-2H3,(H,27,33)(H,28,32,36)/t10-/m0/s1. The number of alkyl halides is 3. The third-order valence-electron chi connectivity index (χ3n) is 4.80. The van der Waals surface area contributed by atoms with Crippen molar-refractivity contribution in [1.29, 1.82) is 0 Å². The predicted octanol–water partition coefficient (Wildman–Crippen LogP) is 3.95. The lowest BCUT2D eigenvalue weighted by molar-refractivity contribution is -0.137. The monoisotopic (exact) mass is 554 g/mol. The number of hydrogen-bond acceptors (Lipinski definition) is 9. The van der Waals surface area contributed by atoms with Crippen LogP contribution in [0.25, 0.3) is 0 Å². The number of rotatable bonds is 9. The minimum absolute atomic E-state index is 0.00294. The maximum absolute atomic E-state index is 13.0. The summed E-state index contributed by atoms with van der Waals surface area (Å²) in [5, 5.41) is 4.45. The van der Waals surface area contributed by atoms with E-state index in [0.29, 0.717) is 11.1 Å². The smallest absolute Gasteiger partial charge is 0.349 e. The van der Waals surface area contributed by atoms with Crippen LogP contribution in [0.5, 0.6) is 0 Å². The average molecular weight is 555 g/mol. The van der Waals surface area contributed by atoms with E-state index < -0.39 is 40.2 Å². The Bertz CT molecular complexity index is 1360. The number of nitrogens with zero attached hydrogens (tertiary/aromatic N) is 4. The van der Waals surface area contributed by atoms with Gasteiger partial charge in [-0.2, -0.15) is 13.2 Å². The van der Waals surface area contributed by atoms with Crippen LogP contribution in [-0.4, -0.2) is 49.9 Å². The molecule has 3 rings (SSSR count). The number of carbonyl (C=O) groups excluding carboxylic acids is 4. The topological polar surface area (TPSA) is 144 Å². The molecule has 0 radical (unpaired) electrons. The van der Waals surface area contributed by atoms with Gasteiger partial charge in [0.15, 0.2) is 11.6 Å². The van der Waals surface area contributed by atoms with Crippen LogP contribution in [-0.2, 0) is 11.0 Å². The fraction of sp³-hybridized carbons (Fsp3) is 0.273. The van der Waals surface area contributed by atoms with Gasteiger partial charge in [0.05, 0.1) is 28.3 Å². The van der Waals surface area contributed by atoms with Crippen LogP contribution >= 0.6 is 22.9 Å². The molecule has 0 saturated carbocycles. The fourth-order valence-electron chi connectivity index (χ4n) is 2.95. The summed E-state index contributed by atoms with van der Waals surface area (Å²) in [5.74, 6) is -2.81. The zero-order valence-electron chi connectivity index (χ0n) is 19.2. The highest BCUT2D eigenvalue weighted by molar-refractivity contribution is 7.13. The van der Waals surface area contributed by atoms with Gasteiger partial charge in [0.1, 0.15) is 28.4 Å². The largest absolute Gasteiger partial charge is 0.418 e. The molecular formula is C22H18ClF3N6O4S. The van der Waals surface area contributed by atoms with Crippen molar-refractivity contribution in [3.63, 3.8) is 0 Å². The number of amides is 2. The van der Waals surface area contributed by atoms with Gasteiger partial charge < -0.3 is 10.6 Å². The van der Waals surface area contributed by atoms with E-state index in [9.17, 15) is 32.3 Å². The Morgan fingerprint density at radius 1 is 1.03 bits per heavy atom. The fourth-order valence-corrected chi connectivity index (χ4v) is 4.03. The number of carbonyl (C=O) groups is 4. The minimum Gasteiger partial charge on any atom is -0.349 e. The van der Waals surface area contributed by atoms with E-state index in [-0.39, 0.29) is 41.0 Å². The van der Waals surface area contributed by atoms with Gasteiger partial charge in [-0.25, -0.2) is 19.9 Å². The second kappa shape index (κ2) is 11.5. The van der Waals surface area contributed by atoms with Gasteiger partial charge in [-0.05, 0) is 12.1 Å². The highest BCUT2D eigenvalue weighted by atomic mass is 35.5. The molecule has 0 aliphatic carbocycles. The van der Waals surface area contributed by atoms with Gasteiger partial charge in [0.2, 0.25) is 5.91 Å². The van der Waals surface area contributed by atoms with Crippen molar-refractivity contribution in [3.8, 4) is 0 Å². The van der Waals surface area contributed by atoms with Crippen LogP contribution in [0.2, 0.25) is 5.02 Å². The van der Waals surface area contributed by atoms with Crippen LogP contribution in [0.3, 0.4) is 0 Å². The summed E-state index contributed by atoms with van der Waals surface area (Å²) < 4.78 is 39.1. The van der Waals surface area contributed by atoms with E-state index in [1.165, 1.54) is 19.2 Å². The minimum atomic E-state index is -4.72. The molecular weight excluding hydrogens is 537 g/mol. The van der Waals surface area contributed by atoms with Gasteiger partial charge in [-0.1, -0.05) is 18.5 Å². The van der Waals surface area contributed by atoms with E-state index >= 15 is 0 Å². The molecule has 0 unspecified atom stereocenters. The van der Waals surface area contributed by atoms with Gasteiger partial charge in [-0.3, -0.25) is 19.2 Å². The van der Waals surface area contributed by atoms with Crippen molar-refractivity contribution in [2.24, 2.45) is 0 Å². The Labute approximate surface area is 216 Å². The molecule has 3 aromatic heterocycles. The molecule has 37 heavy (non-hydrogen) atoms. The zero-order valence-corrected chi connectivity index (χ0v) is 20.8. The summed E-state index contributed by atoms with van der Waals surface area (Å²) in [6, 6.07) is 1.86. The van der Waals surface area contributed by atoms with E-state index in [1.807, 2.05) is 0 Å². The molecule has 0 fully saturated rings. The van der Waals surface area contributed by atoms with Gasteiger partial charge in [0, 0.05) is 25.5 Å². The van der Waals surface area contributed by atoms with Gasteiger partial charge in [-0.15, -0.1) is 11.3 Å². The molecule has 15 heteroatoms. The summed E-state index contributed by atoms with van der Waals surface area (Å²) in [4.78, 5) is 63.9. The second-order valence-corrected chi connectivity index (χ2v) is 9.18. The Kier molecular flexibility index (Phi) is 8.65. The molecule has 0 aliphatic heterocycles. The lowest BCUT2D eigenvalue weighted by Crippen LogP contribution is -2.27. The van der Waals surface area contributed by atoms with Crippen molar-refractivity contribution in [2.75, 3.05) is 11.9 Å². The molecule has 2 N–H and O–H groups in total. The normalized spacial score (nSPS) is 12.1. The van der Waals surface area contributed by atoms with Crippen LogP contribution in [0.1, 0.15) is 67.4 Å². The first kappa shape index (κ1) is 27.8. The number of halogens is 4. The molecule has 3 heterocycles. The van der Waals surface area contributed by atoms with E-state index in [0.717, 1.165) is 23.9 Å². The molecule has 0 aliphatic rings. The number of ketones is 2. The summed E-state index contributed by atoms with van der Waals surface area (Å²) in [5.41, 5.74) is -1.17. The van der Waals surface area contributed by atoms with Crippen molar-refractivity contribution in [3.05, 3.63) is 62.7 Å². The van der Waals surface area contributed by atoms with E-state index in [1.54, 1.807) is 6.92 Å². The van der Waals surface area contributed by atoms with Crippen LogP contribution in [0.4, 0.5) is 19.0 Å². The maximum atomic E-state index is 13.0. The number of nitrogens with one attached hydrogen (secondary N) is 2. The van der Waals surface area contributed by atoms with E-state index in [2.05, 4.69) is 30.6 Å². The highest BCUT2D eigenvalue weighted by Gasteiger charge is 2.34. The van der Waals surface area contributed by atoms with E-state index in [4.69, 9.17) is 11.6 Å². The summed E-state index contributed by atoms with van der Waals surface area (Å²) in [6.07, 6.45) is -1.68. The molecule has 0 aromatic carbocycles. The summed E-state index contributed by atoms with van der Waals surface area (Å²) >= 11 is 6.49. The molecule has 10 nitrogen and oxygen atoms in total. The number of anilines is 1. The molecule has 0 spiro atoms. The molecule has 0 saturated heterocycles. The average Bonchev–Trinajstić information content (AvgIpc) is 3.34. The lowest BCUT2D eigenvalue weighted by atomic mass is 10.0. The lowest BCUT2D eigenvalue weighted by Gasteiger charge is -2.10. The van der Waals surface area contributed by atoms with Crippen LogP contribution < -0.4 is 10.6 Å².